The van der Waals surface area contributed by atoms with E-state index in [0.29, 0.717) is 47.0 Å². The van der Waals surface area contributed by atoms with Gasteiger partial charge in [0.1, 0.15) is 5.75 Å². The summed E-state index contributed by atoms with van der Waals surface area (Å²) in [6, 6.07) is 21.8. The predicted octanol–water partition coefficient (Wildman–Crippen LogP) is 5.29. The average Bonchev–Trinajstić information content (AvgIpc) is 3.55. The van der Waals surface area contributed by atoms with Crippen LogP contribution in [0.3, 0.4) is 0 Å². The number of amides is 2. The first-order valence-electron chi connectivity index (χ1n) is 12.2. The van der Waals surface area contributed by atoms with E-state index in [4.69, 9.17) is 15.2 Å². The fraction of sp³-hybridized carbons (Fsp3) is 0.276. The summed E-state index contributed by atoms with van der Waals surface area (Å²) in [5, 5.41) is 9.21. The molecule has 1 aliphatic carbocycles. The lowest BCUT2D eigenvalue weighted by atomic mass is 9.97. The van der Waals surface area contributed by atoms with Gasteiger partial charge in [0, 0.05) is 30.1 Å². The molecule has 0 aromatic heterocycles. The molecule has 7 heteroatoms. The molecule has 2 amide bonds. The second-order valence-corrected chi connectivity index (χ2v) is 9.29. The molecular weight excluding hydrogens is 454 g/mol. The van der Waals surface area contributed by atoms with Gasteiger partial charge in [-0.3, -0.25) is 9.59 Å². The van der Waals surface area contributed by atoms with Gasteiger partial charge in [-0.1, -0.05) is 18.2 Å². The highest BCUT2D eigenvalue weighted by molar-refractivity contribution is 5.99. The third-order valence-corrected chi connectivity index (χ3v) is 6.79. The second-order valence-electron chi connectivity index (χ2n) is 9.29. The molecule has 1 aliphatic heterocycles. The van der Waals surface area contributed by atoms with Crippen molar-refractivity contribution in [2.24, 2.45) is 5.73 Å². The molecule has 36 heavy (non-hydrogen) atoms. The van der Waals surface area contributed by atoms with Crippen LogP contribution in [0.15, 0.2) is 66.7 Å². The van der Waals surface area contributed by atoms with Crippen LogP contribution >= 0.6 is 0 Å². The maximum Gasteiger partial charge on any atom is 0.248 e. The first-order chi connectivity index (χ1) is 17.5. The molecule has 0 radical (unpaired) electrons. The Bertz CT molecular complexity index is 1340. The highest BCUT2D eigenvalue weighted by Crippen LogP contribution is 2.40. The lowest BCUT2D eigenvalue weighted by Gasteiger charge is -2.20. The Labute approximate surface area is 210 Å². The molecule has 1 saturated carbocycles. The molecular formula is C29H27N3O4. The molecule has 2 fully saturated rings. The normalized spacial score (nSPS) is 17.7. The van der Waals surface area contributed by atoms with E-state index in [0.717, 1.165) is 31.2 Å². The van der Waals surface area contributed by atoms with Crippen LogP contribution in [0, 0.1) is 11.3 Å². The summed E-state index contributed by atoms with van der Waals surface area (Å²) >= 11 is 0. The van der Waals surface area contributed by atoms with Crippen molar-refractivity contribution in [1.29, 1.82) is 5.26 Å². The van der Waals surface area contributed by atoms with Crippen molar-refractivity contribution in [2.75, 3.05) is 11.4 Å². The van der Waals surface area contributed by atoms with E-state index in [-0.39, 0.29) is 17.9 Å². The highest BCUT2D eigenvalue weighted by Gasteiger charge is 2.32. The van der Waals surface area contributed by atoms with Crippen molar-refractivity contribution in [3.63, 3.8) is 0 Å². The number of nitrogens with zero attached hydrogens (tertiary/aromatic N) is 2. The summed E-state index contributed by atoms with van der Waals surface area (Å²) in [6.45, 7) is 0.494. The summed E-state index contributed by atoms with van der Waals surface area (Å²) in [5.74, 6) is 1.23. The molecule has 0 spiro atoms. The van der Waals surface area contributed by atoms with E-state index in [1.807, 2.05) is 30.3 Å². The second kappa shape index (κ2) is 10.1. The molecule has 2 N–H and O–H groups in total. The third kappa shape index (κ3) is 5.03. The van der Waals surface area contributed by atoms with E-state index in [2.05, 4.69) is 6.07 Å². The SMILES string of the molecule is N#Cc1cccc(Oc2ccc([C@H]3CC(=O)N(c4cccc(C(N)=O)c4)C3)cc2OC2CCCC2)c1. The lowest BCUT2D eigenvalue weighted by Crippen LogP contribution is -2.24. The minimum Gasteiger partial charge on any atom is -0.487 e. The van der Waals surface area contributed by atoms with Crippen LogP contribution in [-0.4, -0.2) is 24.5 Å². The van der Waals surface area contributed by atoms with E-state index < -0.39 is 5.91 Å². The summed E-state index contributed by atoms with van der Waals surface area (Å²) < 4.78 is 12.5. The summed E-state index contributed by atoms with van der Waals surface area (Å²) in [6.07, 6.45) is 4.77. The first kappa shape index (κ1) is 23.4. The van der Waals surface area contributed by atoms with Gasteiger partial charge < -0.3 is 20.1 Å². The smallest absolute Gasteiger partial charge is 0.248 e. The topological polar surface area (TPSA) is 106 Å². The van der Waals surface area contributed by atoms with Crippen LogP contribution in [0.4, 0.5) is 5.69 Å². The molecule has 3 aromatic rings. The van der Waals surface area contributed by atoms with Crippen molar-refractivity contribution in [3.8, 4) is 23.3 Å². The van der Waals surface area contributed by atoms with E-state index in [1.165, 1.54) is 0 Å². The molecule has 0 unspecified atom stereocenters. The fourth-order valence-electron chi connectivity index (χ4n) is 4.90. The van der Waals surface area contributed by atoms with Gasteiger partial charge in [0.25, 0.3) is 0 Å². The Hall–Kier alpha value is -4.31. The van der Waals surface area contributed by atoms with Crippen LogP contribution in [0.2, 0.25) is 0 Å². The van der Waals surface area contributed by atoms with Crippen molar-refractivity contribution in [1.82, 2.24) is 0 Å². The quantitative estimate of drug-likeness (QED) is 0.493. The molecule has 1 atom stereocenters. The van der Waals surface area contributed by atoms with Gasteiger partial charge in [-0.2, -0.15) is 5.26 Å². The van der Waals surface area contributed by atoms with Crippen molar-refractivity contribution >= 4 is 17.5 Å². The van der Waals surface area contributed by atoms with Gasteiger partial charge in [0.2, 0.25) is 11.8 Å². The van der Waals surface area contributed by atoms with Gasteiger partial charge in [-0.05, 0) is 79.8 Å². The van der Waals surface area contributed by atoms with Crippen molar-refractivity contribution in [2.45, 2.75) is 44.1 Å². The summed E-state index contributed by atoms with van der Waals surface area (Å²) in [7, 11) is 0. The van der Waals surface area contributed by atoms with Gasteiger partial charge in [-0.25, -0.2) is 0 Å². The van der Waals surface area contributed by atoms with Gasteiger partial charge in [0.15, 0.2) is 11.5 Å². The number of benzene rings is 3. The van der Waals surface area contributed by atoms with Crippen LogP contribution < -0.4 is 20.1 Å². The van der Waals surface area contributed by atoms with Gasteiger partial charge in [0.05, 0.1) is 17.7 Å². The average molecular weight is 482 g/mol. The Morgan fingerprint density at radius 3 is 2.58 bits per heavy atom. The Balaban J connectivity index is 1.41. The molecule has 2 aliphatic rings. The number of anilines is 1. The number of hydrogen-bond acceptors (Lipinski definition) is 5. The largest absolute Gasteiger partial charge is 0.487 e. The van der Waals surface area contributed by atoms with E-state index in [9.17, 15) is 14.9 Å². The lowest BCUT2D eigenvalue weighted by molar-refractivity contribution is -0.117. The zero-order valence-corrected chi connectivity index (χ0v) is 19.9. The van der Waals surface area contributed by atoms with E-state index >= 15 is 0 Å². The molecule has 5 rings (SSSR count). The van der Waals surface area contributed by atoms with Crippen LogP contribution in [0.1, 0.15) is 59.5 Å². The van der Waals surface area contributed by atoms with Crippen LogP contribution in [-0.2, 0) is 4.79 Å². The number of nitriles is 1. The minimum absolute atomic E-state index is 0.00599. The number of rotatable bonds is 7. The number of ether oxygens (including phenoxy) is 2. The number of nitrogens with two attached hydrogens (primary N) is 1. The zero-order valence-electron chi connectivity index (χ0n) is 19.9. The number of carbonyl (C=O) groups excluding carboxylic acids is 2. The number of primary amides is 1. The minimum atomic E-state index is -0.523. The summed E-state index contributed by atoms with van der Waals surface area (Å²) in [5.41, 5.74) is 7.97. The Kier molecular flexibility index (Phi) is 6.59. The van der Waals surface area contributed by atoms with E-state index in [1.54, 1.807) is 41.3 Å². The predicted molar refractivity (Wildman–Crippen MR) is 135 cm³/mol. The molecule has 7 nitrogen and oxygen atoms in total. The van der Waals surface area contributed by atoms with Crippen LogP contribution in [0.5, 0.6) is 17.2 Å². The molecule has 1 saturated heterocycles. The summed E-state index contributed by atoms with van der Waals surface area (Å²) in [4.78, 5) is 26.2. The molecule has 3 aromatic carbocycles. The maximum atomic E-state index is 12.9. The first-order valence-corrected chi connectivity index (χ1v) is 12.2. The van der Waals surface area contributed by atoms with Crippen molar-refractivity contribution in [3.05, 3.63) is 83.4 Å². The fourth-order valence-corrected chi connectivity index (χ4v) is 4.90. The van der Waals surface area contributed by atoms with Crippen LogP contribution in [0.25, 0.3) is 0 Å². The van der Waals surface area contributed by atoms with Crippen molar-refractivity contribution < 1.29 is 19.1 Å². The van der Waals surface area contributed by atoms with Gasteiger partial charge in [-0.15, -0.1) is 0 Å². The zero-order chi connectivity index (χ0) is 25.1. The monoisotopic (exact) mass is 481 g/mol. The molecule has 0 bridgehead atoms. The standard InChI is InChI=1S/C29H27N3O4/c30-17-19-5-3-10-25(13-19)36-26-12-11-20(15-27(26)35-24-8-1-2-9-24)22-16-28(33)32(18-22)23-7-4-6-21(14-23)29(31)34/h3-7,10-15,22,24H,1-2,8-9,16,18H2,(H2,31,34)/t22-/m0/s1. The molecule has 182 valence electrons. The molecule has 1 heterocycles. The van der Waals surface area contributed by atoms with Gasteiger partial charge >= 0.3 is 0 Å². The number of carbonyl (C=O) groups is 2. The Morgan fingerprint density at radius 2 is 1.81 bits per heavy atom. The Morgan fingerprint density at radius 1 is 1.00 bits per heavy atom. The third-order valence-electron chi connectivity index (χ3n) is 6.79. The number of hydrogen-bond donors (Lipinski definition) is 1. The highest BCUT2D eigenvalue weighted by atomic mass is 16.5. The maximum absolute atomic E-state index is 12.9.